The molecule has 0 aromatic heterocycles. The van der Waals surface area contributed by atoms with Crippen molar-refractivity contribution in [2.45, 2.75) is 50.0 Å². The Hall–Kier alpha value is -3.66. The Balaban J connectivity index is 1.98. The summed E-state index contributed by atoms with van der Waals surface area (Å²) >= 11 is 0. The number of carboxylic acids is 1. The van der Waals surface area contributed by atoms with E-state index in [1.807, 2.05) is 97.1 Å². The molecule has 3 aromatic carbocycles. The van der Waals surface area contributed by atoms with E-state index in [2.05, 4.69) is 11.9 Å². The van der Waals surface area contributed by atoms with Gasteiger partial charge in [0.15, 0.2) is 0 Å². The SMILES string of the molecule is C=CCCCCCC[C@H](NC(=O)C(c1ccccc1)(c1ccccc1)c1ccccc1)C(=O)O. The van der Waals surface area contributed by atoms with Crippen LogP contribution >= 0.6 is 0 Å². The number of allylic oxidation sites excluding steroid dienone is 1. The first-order valence-corrected chi connectivity index (χ1v) is 11.9. The van der Waals surface area contributed by atoms with Crippen LogP contribution in [0, 0.1) is 0 Å². The summed E-state index contributed by atoms with van der Waals surface area (Å²) in [5.41, 5.74) is 1.19. The fourth-order valence-electron chi connectivity index (χ4n) is 4.47. The highest BCUT2D eigenvalue weighted by Crippen LogP contribution is 2.39. The lowest BCUT2D eigenvalue weighted by Gasteiger charge is -2.35. The van der Waals surface area contributed by atoms with Gasteiger partial charge >= 0.3 is 5.97 Å². The van der Waals surface area contributed by atoms with E-state index < -0.39 is 17.4 Å². The van der Waals surface area contributed by atoms with E-state index >= 15 is 0 Å². The van der Waals surface area contributed by atoms with Crippen LogP contribution in [0.3, 0.4) is 0 Å². The molecule has 34 heavy (non-hydrogen) atoms. The maximum atomic E-state index is 14.2. The predicted octanol–water partition coefficient (Wildman–Crippen LogP) is 6.12. The van der Waals surface area contributed by atoms with Crippen molar-refractivity contribution in [1.82, 2.24) is 5.32 Å². The van der Waals surface area contributed by atoms with Crippen molar-refractivity contribution in [3.8, 4) is 0 Å². The molecule has 4 nitrogen and oxygen atoms in total. The molecule has 176 valence electrons. The predicted molar refractivity (Wildman–Crippen MR) is 137 cm³/mol. The zero-order valence-electron chi connectivity index (χ0n) is 19.5. The molecule has 3 rings (SSSR count). The number of carboxylic acid groups (broad SMARTS) is 1. The van der Waals surface area contributed by atoms with E-state index in [-0.39, 0.29) is 5.91 Å². The Morgan fingerprint density at radius 3 is 1.62 bits per heavy atom. The van der Waals surface area contributed by atoms with Crippen molar-refractivity contribution in [3.05, 3.63) is 120 Å². The van der Waals surface area contributed by atoms with E-state index in [9.17, 15) is 14.7 Å². The first-order valence-electron chi connectivity index (χ1n) is 11.9. The first kappa shape index (κ1) is 25.0. The van der Waals surface area contributed by atoms with Gasteiger partial charge in [-0.3, -0.25) is 4.79 Å². The Kier molecular flexibility index (Phi) is 9.21. The number of amides is 1. The molecule has 0 unspecified atom stereocenters. The second-order valence-corrected chi connectivity index (χ2v) is 8.49. The lowest BCUT2D eigenvalue weighted by Crippen LogP contribution is -2.51. The quantitative estimate of drug-likeness (QED) is 0.185. The van der Waals surface area contributed by atoms with Crippen molar-refractivity contribution < 1.29 is 14.7 Å². The van der Waals surface area contributed by atoms with Gasteiger partial charge in [-0.05, 0) is 36.0 Å². The molecule has 0 spiro atoms. The third kappa shape index (κ3) is 5.82. The Labute approximate surface area is 202 Å². The van der Waals surface area contributed by atoms with Crippen LogP contribution in [0.2, 0.25) is 0 Å². The summed E-state index contributed by atoms with van der Waals surface area (Å²) < 4.78 is 0. The van der Waals surface area contributed by atoms with Crippen molar-refractivity contribution in [2.75, 3.05) is 0 Å². The first-order chi connectivity index (χ1) is 16.6. The molecule has 2 N–H and O–H groups in total. The standard InChI is InChI=1S/C30H33NO3/c1-2-3-4-5-6-16-23-27(28(32)33)31-29(34)30(24-17-10-7-11-18-24,25-19-12-8-13-20-25)26-21-14-9-15-22-26/h2,7-15,17-22,27H,1,3-6,16,23H2,(H,31,34)(H,32,33)/t27-/m0/s1. The molecule has 1 atom stereocenters. The molecule has 3 aromatic rings. The van der Waals surface area contributed by atoms with Gasteiger partial charge in [-0.25, -0.2) is 4.79 Å². The third-order valence-corrected chi connectivity index (χ3v) is 6.22. The fourth-order valence-corrected chi connectivity index (χ4v) is 4.47. The number of carbonyl (C=O) groups is 2. The summed E-state index contributed by atoms with van der Waals surface area (Å²) in [7, 11) is 0. The normalized spacial score (nSPS) is 12.0. The molecule has 0 saturated carbocycles. The molecule has 0 aliphatic heterocycles. The van der Waals surface area contributed by atoms with Gasteiger partial charge in [0.2, 0.25) is 5.91 Å². The summed E-state index contributed by atoms with van der Waals surface area (Å²) in [5.74, 6) is -1.35. The van der Waals surface area contributed by atoms with Gasteiger partial charge in [-0.2, -0.15) is 0 Å². The minimum Gasteiger partial charge on any atom is -0.480 e. The van der Waals surface area contributed by atoms with Crippen molar-refractivity contribution >= 4 is 11.9 Å². The fraction of sp³-hybridized carbons (Fsp3) is 0.267. The highest BCUT2D eigenvalue weighted by molar-refractivity contribution is 5.98. The summed E-state index contributed by atoms with van der Waals surface area (Å²) in [6.45, 7) is 3.74. The number of nitrogens with one attached hydrogen (secondary N) is 1. The topological polar surface area (TPSA) is 66.4 Å². The summed E-state index contributed by atoms with van der Waals surface area (Å²) in [6, 6.07) is 27.8. The number of unbranched alkanes of at least 4 members (excludes halogenated alkanes) is 4. The number of hydrogen-bond donors (Lipinski definition) is 2. The molecule has 0 radical (unpaired) electrons. The van der Waals surface area contributed by atoms with Gasteiger partial charge in [0.25, 0.3) is 0 Å². The zero-order chi connectivity index (χ0) is 24.2. The summed E-state index contributed by atoms with van der Waals surface area (Å²) in [6.07, 6.45) is 6.99. The van der Waals surface area contributed by atoms with Crippen LogP contribution in [0.15, 0.2) is 104 Å². The smallest absolute Gasteiger partial charge is 0.326 e. The highest BCUT2D eigenvalue weighted by Gasteiger charge is 2.44. The van der Waals surface area contributed by atoms with Gasteiger partial charge < -0.3 is 10.4 Å². The molecular formula is C30H33NO3. The summed E-state index contributed by atoms with van der Waals surface area (Å²) in [5, 5.41) is 12.8. The van der Waals surface area contributed by atoms with E-state index in [4.69, 9.17) is 0 Å². The monoisotopic (exact) mass is 455 g/mol. The number of benzene rings is 3. The van der Waals surface area contributed by atoms with E-state index in [0.29, 0.717) is 6.42 Å². The molecule has 0 heterocycles. The molecular weight excluding hydrogens is 422 g/mol. The van der Waals surface area contributed by atoms with Crippen LogP contribution in [0.4, 0.5) is 0 Å². The lowest BCUT2D eigenvalue weighted by atomic mass is 9.68. The van der Waals surface area contributed by atoms with Gasteiger partial charge in [0.05, 0.1) is 0 Å². The molecule has 4 heteroatoms. The van der Waals surface area contributed by atoms with Crippen LogP contribution in [0.1, 0.15) is 55.2 Å². The Morgan fingerprint density at radius 1 is 0.765 bits per heavy atom. The maximum absolute atomic E-state index is 14.2. The van der Waals surface area contributed by atoms with Crippen molar-refractivity contribution in [3.63, 3.8) is 0 Å². The van der Waals surface area contributed by atoms with E-state index in [1.54, 1.807) is 0 Å². The Bertz CT molecular complexity index is 952. The second-order valence-electron chi connectivity index (χ2n) is 8.49. The zero-order valence-corrected chi connectivity index (χ0v) is 19.5. The lowest BCUT2D eigenvalue weighted by molar-refractivity contribution is -0.142. The summed E-state index contributed by atoms with van der Waals surface area (Å²) in [4.78, 5) is 26.3. The molecule has 0 fully saturated rings. The van der Waals surface area contributed by atoms with Crippen LogP contribution < -0.4 is 5.32 Å². The Morgan fingerprint density at radius 2 is 1.21 bits per heavy atom. The maximum Gasteiger partial charge on any atom is 0.326 e. The average molecular weight is 456 g/mol. The van der Waals surface area contributed by atoms with Gasteiger partial charge in [0, 0.05) is 0 Å². The van der Waals surface area contributed by atoms with Crippen LogP contribution in [0.25, 0.3) is 0 Å². The number of aliphatic carboxylic acids is 1. The van der Waals surface area contributed by atoms with Crippen LogP contribution in [0.5, 0.6) is 0 Å². The van der Waals surface area contributed by atoms with Crippen LogP contribution in [-0.2, 0) is 15.0 Å². The average Bonchev–Trinajstić information content (AvgIpc) is 2.88. The molecule has 1 amide bonds. The number of carbonyl (C=O) groups excluding carboxylic acids is 1. The third-order valence-electron chi connectivity index (χ3n) is 6.22. The molecule has 0 aliphatic carbocycles. The van der Waals surface area contributed by atoms with Gasteiger partial charge in [0.1, 0.15) is 11.5 Å². The van der Waals surface area contributed by atoms with Crippen LogP contribution in [-0.4, -0.2) is 23.0 Å². The number of hydrogen-bond acceptors (Lipinski definition) is 2. The largest absolute Gasteiger partial charge is 0.480 e. The van der Waals surface area contributed by atoms with Gasteiger partial charge in [-0.15, -0.1) is 6.58 Å². The molecule has 0 bridgehead atoms. The highest BCUT2D eigenvalue weighted by atomic mass is 16.4. The van der Waals surface area contributed by atoms with Gasteiger partial charge in [-0.1, -0.05) is 116 Å². The molecule has 0 saturated heterocycles. The van der Waals surface area contributed by atoms with E-state index in [0.717, 1.165) is 48.8 Å². The minimum absolute atomic E-state index is 0.338. The van der Waals surface area contributed by atoms with Crippen molar-refractivity contribution in [1.29, 1.82) is 0 Å². The number of rotatable bonds is 13. The van der Waals surface area contributed by atoms with Crippen molar-refractivity contribution in [2.24, 2.45) is 0 Å². The minimum atomic E-state index is -1.18. The molecule has 0 aliphatic rings. The van der Waals surface area contributed by atoms with E-state index in [1.165, 1.54) is 0 Å². The second kappa shape index (κ2) is 12.5.